The second-order valence-corrected chi connectivity index (χ2v) is 5.70. The van der Waals surface area contributed by atoms with Crippen molar-refractivity contribution in [3.05, 3.63) is 0 Å². The van der Waals surface area contributed by atoms with Crippen molar-refractivity contribution in [2.75, 3.05) is 5.88 Å². The van der Waals surface area contributed by atoms with Crippen molar-refractivity contribution in [3.8, 4) is 0 Å². The second kappa shape index (κ2) is 5.37. The molecule has 0 heterocycles. The van der Waals surface area contributed by atoms with Gasteiger partial charge in [-0.25, -0.2) is 0 Å². The summed E-state index contributed by atoms with van der Waals surface area (Å²) in [6.45, 7) is 1.84. The molecule has 14 heavy (non-hydrogen) atoms. The fourth-order valence-corrected chi connectivity index (χ4v) is 2.21. The molecule has 1 fully saturated rings. The van der Waals surface area contributed by atoms with Gasteiger partial charge in [0.1, 0.15) is 5.78 Å². The van der Waals surface area contributed by atoms with Gasteiger partial charge in [-0.15, -0.1) is 23.2 Å². The summed E-state index contributed by atoms with van der Waals surface area (Å²) in [5.74, 6) is 0.903. The molecule has 0 aromatic rings. The molecular weight excluding hydrogens is 219 g/mol. The van der Waals surface area contributed by atoms with Crippen molar-refractivity contribution >= 4 is 29.0 Å². The van der Waals surface area contributed by atoms with Crippen molar-refractivity contribution in [1.82, 2.24) is 0 Å². The van der Waals surface area contributed by atoms with Gasteiger partial charge in [-0.2, -0.15) is 0 Å². The molecule has 1 aliphatic rings. The Hall–Kier alpha value is 0.250. The molecule has 0 saturated heterocycles. The molecule has 3 heteroatoms. The predicted octanol–water partition coefficient (Wildman–Crippen LogP) is 3.76. The molecule has 0 amide bonds. The third-order valence-corrected chi connectivity index (χ3v) is 3.88. The fraction of sp³-hybridized carbons (Fsp3) is 0.909. The maximum absolute atomic E-state index is 11.8. The molecule has 1 atom stereocenters. The van der Waals surface area contributed by atoms with Gasteiger partial charge in [0, 0.05) is 18.2 Å². The Kier molecular flexibility index (Phi) is 4.72. The highest BCUT2D eigenvalue weighted by atomic mass is 35.5. The maximum Gasteiger partial charge on any atom is 0.137 e. The van der Waals surface area contributed by atoms with Crippen LogP contribution in [0, 0.1) is 5.92 Å². The highest BCUT2D eigenvalue weighted by Crippen LogP contribution is 2.29. The molecule has 1 unspecified atom stereocenters. The number of rotatable bonds is 4. The summed E-state index contributed by atoms with van der Waals surface area (Å²) in [5, 5.41) is 0. The van der Waals surface area contributed by atoms with Crippen LogP contribution >= 0.6 is 23.2 Å². The predicted molar refractivity (Wildman–Crippen MR) is 61.2 cm³/mol. The quantitative estimate of drug-likeness (QED) is 0.680. The fourth-order valence-electron chi connectivity index (χ4n) is 1.98. The van der Waals surface area contributed by atoms with Crippen LogP contribution in [0.5, 0.6) is 0 Å². The SMILES string of the molecule is CC(Cl)(CCl)CC(=O)C1CCCCC1. The molecule has 0 radical (unpaired) electrons. The molecule has 1 aliphatic carbocycles. The Bertz CT molecular complexity index is 195. The normalized spacial score (nSPS) is 23.1. The van der Waals surface area contributed by atoms with Gasteiger partial charge in [0.15, 0.2) is 0 Å². The van der Waals surface area contributed by atoms with Crippen LogP contribution in [0.1, 0.15) is 45.4 Å². The van der Waals surface area contributed by atoms with E-state index < -0.39 is 4.87 Å². The first-order valence-electron chi connectivity index (χ1n) is 5.33. The zero-order valence-corrected chi connectivity index (χ0v) is 10.2. The van der Waals surface area contributed by atoms with E-state index in [0.717, 1.165) is 12.8 Å². The molecule has 0 spiro atoms. The minimum atomic E-state index is -0.546. The Balaban J connectivity index is 2.40. The van der Waals surface area contributed by atoms with E-state index in [1.807, 2.05) is 6.92 Å². The van der Waals surface area contributed by atoms with E-state index in [-0.39, 0.29) is 5.92 Å². The van der Waals surface area contributed by atoms with Crippen LogP contribution in [0.4, 0.5) is 0 Å². The van der Waals surface area contributed by atoms with Crippen LogP contribution in [0.25, 0.3) is 0 Å². The monoisotopic (exact) mass is 236 g/mol. The minimum Gasteiger partial charge on any atom is -0.299 e. The zero-order valence-electron chi connectivity index (χ0n) is 8.69. The summed E-state index contributed by atoms with van der Waals surface area (Å²) in [5.41, 5.74) is 0. The number of carbonyl (C=O) groups excluding carboxylic acids is 1. The van der Waals surface area contributed by atoms with Crippen LogP contribution in [-0.2, 0) is 4.79 Å². The van der Waals surface area contributed by atoms with E-state index in [0.29, 0.717) is 18.1 Å². The average Bonchev–Trinajstić information content (AvgIpc) is 2.19. The molecule has 1 nitrogen and oxygen atoms in total. The van der Waals surface area contributed by atoms with Crippen LogP contribution < -0.4 is 0 Å². The summed E-state index contributed by atoms with van der Waals surface area (Å²) < 4.78 is 0. The molecule has 1 rings (SSSR count). The van der Waals surface area contributed by atoms with Crippen molar-refractivity contribution in [3.63, 3.8) is 0 Å². The Morgan fingerprint density at radius 3 is 2.43 bits per heavy atom. The lowest BCUT2D eigenvalue weighted by molar-refractivity contribution is -0.124. The van der Waals surface area contributed by atoms with Crippen LogP contribution in [0.2, 0.25) is 0 Å². The summed E-state index contributed by atoms with van der Waals surface area (Å²) >= 11 is 11.8. The number of alkyl halides is 2. The Morgan fingerprint density at radius 1 is 1.36 bits per heavy atom. The number of halogens is 2. The number of Topliss-reactive ketones (excluding diaryl/α,β-unsaturated/α-hetero) is 1. The largest absolute Gasteiger partial charge is 0.299 e. The van der Waals surface area contributed by atoms with Crippen molar-refractivity contribution in [2.24, 2.45) is 5.92 Å². The van der Waals surface area contributed by atoms with Gasteiger partial charge < -0.3 is 0 Å². The second-order valence-electron chi connectivity index (χ2n) is 4.53. The van der Waals surface area contributed by atoms with Crippen LogP contribution in [-0.4, -0.2) is 16.5 Å². The smallest absolute Gasteiger partial charge is 0.137 e. The summed E-state index contributed by atoms with van der Waals surface area (Å²) in [7, 11) is 0. The molecule has 0 aromatic heterocycles. The number of carbonyl (C=O) groups is 1. The van der Waals surface area contributed by atoms with E-state index in [2.05, 4.69) is 0 Å². The van der Waals surface area contributed by atoms with Crippen LogP contribution in [0.3, 0.4) is 0 Å². The van der Waals surface area contributed by atoms with E-state index in [4.69, 9.17) is 23.2 Å². The van der Waals surface area contributed by atoms with Gasteiger partial charge in [-0.3, -0.25) is 4.79 Å². The first-order valence-corrected chi connectivity index (χ1v) is 6.24. The molecule has 1 saturated carbocycles. The minimum absolute atomic E-state index is 0.255. The Morgan fingerprint density at radius 2 is 1.93 bits per heavy atom. The first kappa shape index (κ1) is 12.3. The molecule has 0 aromatic carbocycles. The number of ketones is 1. The van der Waals surface area contributed by atoms with Crippen LogP contribution in [0.15, 0.2) is 0 Å². The molecule has 0 N–H and O–H groups in total. The van der Waals surface area contributed by atoms with Crippen molar-refractivity contribution in [1.29, 1.82) is 0 Å². The van der Waals surface area contributed by atoms with E-state index >= 15 is 0 Å². The van der Waals surface area contributed by atoms with Gasteiger partial charge in [-0.1, -0.05) is 19.3 Å². The third kappa shape index (κ3) is 3.78. The maximum atomic E-state index is 11.8. The molecule has 0 bridgehead atoms. The lowest BCUT2D eigenvalue weighted by atomic mass is 9.83. The lowest BCUT2D eigenvalue weighted by Gasteiger charge is -2.24. The van der Waals surface area contributed by atoms with Gasteiger partial charge in [-0.05, 0) is 19.8 Å². The van der Waals surface area contributed by atoms with Crippen molar-refractivity contribution in [2.45, 2.75) is 50.3 Å². The average molecular weight is 237 g/mol. The number of hydrogen-bond acceptors (Lipinski definition) is 1. The summed E-state index contributed by atoms with van der Waals surface area (Å²) in [6.07, 6.45) is 6.18. The van der Waals surface area contributed by atoms with Gasteiger partial charge >= 0.3 is 0 Å². The lowest BCUT2D eigenvalue weighted by Crippen LogP contribution is -2.28. The molecular formula is C11H18Cl2O. The van der Waals surface area contributed by atoms with Gasteiger partial charge in [0.2, 0.25) is 0 Å². The first-order chi connectivity index (χ1) is 6.55. The van der Waals surface area contributed by atoms with E-state index in [1.54, 1.807) is 0 Å². The summed E-state index contributed by atoms with van der Waals surface area (Å²) in [4.78, 5) is 11.3. The van der Waals surface area contributed by atoms with E-state index in [1.165, 1.54) is 19.3 Å². The van der Waals surface area contributed by atoms with Gasteiger partial charge in [0.25, 0.3) is 0 Å². The number of hydrogen-bond donors (Lipinski definition) is 0. The molecule has 0 aliphatic heterocycles. The standard InChI is InChI=1S/C11H18Cl2O/c1-11(13,8-12)7-10(14)9-5-3-2-4-6-9/h9H,2-8H2,1H3. The highest BCUT2D eigenvalue weighted by Gasteiger charge is 2.28. The zero-order chi connectivity index (χ0) is 10.6. The topological polar surface area (TPSA) is 17.1 Å². The highest BCUT2D eigenvalue weighted by molar-refractivity contribution is 6.31. The van der Waals surface area contributed by atoms with E-state index in [9.17, 15) is 4.79 Å². The van der Waals surface area contributed by atoms with Crippen molar-refractivity contribution < 1.29 is 4.79 Å². The summed E-state index contributed by atoms with van der Waals surface area (Å²) in [6, 6.07) is 0. The Labute approximate surface area is 96.2 Å². The van der Waals surface area contributed by atoms with Gasteiger partial charge in [0.05, 0.1) is 4.87 Å². The molecule has 82 valence electrons. The third-order valence-electron chi connectivity index (χ3n) is 2.88.